The van der Waals surface area contributed by atoms with Crippen molar-refractivity contribution in [3.63, 3.8) is 0 Å². The number of hydrogen-bond acceptors (Lipinski definition) is 6. The molecule has 1 fully saturated rings. The van der Waals surface area contributed by atoms with Gasteiger partial charge >= 0.3 is 0 Å². The first-order chi connectivity index (χ1) is 11.6. The SMILES string of the molecule is Cc1ncsc1C(=O)NC1COCC1n1nc2c(cc1=O)CCC2. The summed E-state index contributed by atoms with van der Waals surface area (Å²) in [6.45, 7) is 2.55. The van der Waals surface area contributed by atoms with Crippen LogP contribution in [-0.4, -0.2) is 39.9 Å². The second kappa shape index (κ2) is 6.10. The van der Waals surface area contributed by atoms with Crippen LogP contribution in [0.2, 0.25) is 0 Å². The molecule has 0 aromatic carbocycles. The Balaban J connectivity index is 1.58. The average molecular weight is 346 g/mol. The van der Waals surface area contributed by atoms with Crippen LogP contribution in [0.4, 0.5) is 0 Å². The summed E-state index contributed by atoms with van der Waals surface area (Å²) in [7, 11) is 0. The van der Waals surface area contributed by atoms with Gasteiger partial charge in [-0.1, -0.05) is 0 Å². The molecule has 8 heteroatoms. The molecular formula is C16H18N4O3S. The van der Waals surface area contributed by atoms with Crippen molar-refractivity contribution in [1.29, 1.82) is 0 Å². The van der Waals surface area contributed by atoms with Gasteiger partial charge in [-0.3, -0.25) is 9.59 Å². The fourth-order valence-corrected chi connectivity index (χ4v) is 4.03. The first-order valence-electron chi connectivity index (χ1n) is 8.04. The highest BCUT2D eigenvalue weighted by atomic mass is 32.1. The number of thiazole rings is 1. The number of aryl methyl sites for hydroxylation is 3. The normalized spacial score (nSPS) is 22.5. The maximum absolute atomic E-state index is 12.4. The van der Waals surface area contributed by atoms with Crippen LogP contribution in [0.5, 0.6) is 0 Å². The smallest absolute Gasteiger partial charge is 0.267 e. The zero-order valence-electron chi connectivity index (χ0n) is 13.3. The highest BCUT2D eigenvalue weighted by Gasteiger charge is 2.34. The van der Waals surface area contributed by atoms with Gasteiger partial charge in [0.1, 0.15) is 10.9 Å². The third-order valence-corrected chi connectivity index (χ3v) is 5.54. The monoisotopic (exact) mass is 346 g/mol. The summed E-state index contributed by atoms with van der Waals surface area (Å²) < 4.78 is 7.01. The van der Waals surface area contributed by atoms with E-state index in [2.05, 4.69) is 15.4 Å². The van der Waals surface area contributed by atoms with Gasteiger partial charge in [0.05, 0.1) is 36.2 Å². The van der Waals surface area contributed by atoms with E-state index >= 15 is 0 Å². The van der Waals surface area contributed by atoms with Crippen molar-refractivity contribution in [1.82, 2.24) is 20.1 Å². The van der Waals surface area contributed by atoms with Crippen LogP contribution >= 0.6 is 11.3 Å². The Morgan fingerprint density at radius 1 is 1.42 bits per heavy atom. The minimum Gasteiger partial charge on any atom is -0.377 e. The third-order valence-electron chi connectivity index (χ3n) is 4.62. The molecule has 0 radical (unpaired) electrons. The summed E-state index contributed by atoms with van der Waals surface area (Å²) >= 11 is 1.31. The number of aromatic nitrogens is 3. The Bertz CT molecular complexity index is 844. The molecule has 0 spiro atoms. The zero-order chi connectivity index (χ0) is 16.7. The Hall–Kier alpha value is -2.06. The van der Waals surface area contributed by atoms with Crippen LogP contribution in [0.3, 0.4) is 0 Å². The van der Waals surface area contributed by atoms with Crippen LogP contribution < -0.4 is 10.9 Å². The van der Waals surface area contributed by atoms with E-state index in [-0.39, 0.29) is 23.6 Å². The fraction of sp³-hybridized carbons (Fsp3) is 0.500. The summed E-state index contributed by atoms with van der Waals surface area (Å²) in [5, 5.41) is 7.51. The maximum Gasteiger partial charge on any atom is 0.267 e. The molecule has 7 nitrogen and oxygen atoms in total. The number of nitrogens with zero attached hydrogens (tertiary/aromatic N) is 3. The quantitative estimate of drug-likeness (QED) is 0.891. The third kappa shape index (κ3) is 2.65. The van der Waals surface area contributed by atoms with Gasteiger partial charge in [0.25, 0.3) is 11.5 Å². The lowest BCUT2D eigenvalue weighted by Crippen LogP contribution is -2.44. The number of ether oxygens (including phenoxy) is 1. The van der Waals surface area contributed by atoms with E-state index in [1.807, 2.05) is 0 Å². The number of carbonyl (C=O) groups is 1. The Morgan fingerprint density at radius 3 is 3.08 bits per heavy atom. The van der Waals surface area contributed by atoms with Crippen LogP contribution in [0.25, 0.3) is 0 Å². The topological polar surface area (TPSA) is 86.1 Å². The molecule has 1 N–H and O–H groups in total. The second-order valence-electron chi connectivity index (χ2n) is 6.20. The number of fused-ring (bicyclic) bond motifs is 1. The van der Waals surface area contributed by atoms with Gasteiger partial charge < -0.3 is 10.1 Å². The Morgan fingerprint density at radius 2 is 2.29 bits per heavy atom. The summed E-state index contributed by atoms with van der Waals surface area (Å²) in [6, 6.07) is 1.13. The molecule has 1 saturated heterocycles. The number of hydrogen-bond donors (Lipinski definition) is 1. The molecule has 2 aliphatic rings. The van der Waals surface area contributed by atoms with Crippen LogP contribution in [0.1, 0.15) is 39.1 Å². The standard InChI is InChI=1S/C16H18N4O3S/c1-9-15(24-8-17-9)16(22)18-12-6-23-7-13(12)20-14(21)5-10-3-2-4-11(10)19-20/h5,8,12-13H,2-4,6-7H2,1H3,(H,18,22). The Kier molecular flexibility index (Phi) is 3.93. The van der Waals surface area contributed by atoms with Crippen molar-refractivity contribution in [3.8, 4) is 0 Å². The van der Waals surface area contributed by atoms with E-state index in [0.29, 0.717) is 23.8 Å². The predicted octanol–water partition coefficient (Wildman–Crippen LogP) is 0.867. The van der Waals surface area contributed by atoms with E-state index in [4.69, 9.17) is 4.74 Å². The molecular weight excluding hydrogens is 328 g/mol. The van der Waals surface area contributed by atoms with Gasteiger partial charge in [0.2, 0.25) is 0 Å². The molecule has 4 rings (SSSR count). The summed E-state index contributed by atoms with van der Waals surface area (Å²) in [5.74, 6) is -0.176. The molecule has 2 aromatic heterocycles. The number of carbonyl (C=O) groups excluding carboxylic acids is 1. The van der Waals surface area contributed by atoms with E-state index < -0.39 is 0 Å². The van der Waals surface area contributed by atoms with Crippen molar-refractivity contribution >= 4 is 17.2 Å². The lowest BCUT2D eigenvalue weighted by molar-refractivity contribution is 0.0928. The molecule has 1 aliphatic heterocycles. The van der Waals surface area contributed by atoms with Crippen molar-refractivity contribution in [2.75, 3.05) is 13.2 Å². The zero-order valence-corrected chi connectivity index (χ0v) is 14.1. The maximum atomic E-state index is 12.4. The van der Waals surface area contributed by atoms with Crippen molar-refractivity contribution in [2.45, 2.75) is 38.3 Å². The number of amides is 1. The highest BCUT2D eigenvalue weighted by Crippen LogP contribution is 2.22. The van der Waals surface area contributed by atoms with Crippen LogP contribution in [0, 0.1) is 6.92 Å². The molecule has 2 aromatic rings. The van der Waals surface area contributed by atoms with Crippen molar-refractivity contribution in [3.05, 3.63) is 43.8 Å². The first kappa shape index (κ1) is 15.5. The van der Waals surface area contributed by atoms with Gasteiger partial charge in [-0.2, -0.15) is 5.10 Å². The molecule has 0 bridgehead atoms. The largest absolute Gasteiger partial charge is 0.377 e. The molecule has 3 heterocycles. The molecule has 126 valence electrons. The van der Waals surface area contributed by atoms with Crippen molar-refractivity contribution < 1.29 is 9.53 Å². The van der Waals surface area contributed by atoms with E-state index in [9.17, 15) is 9.59 Å². The van der Waals surface area contributed by atoms with E-state index in [1.54, 1.807) is 18.5 Å². The molecule has 2 atom stereocenters. The summed E-state index contributed by atoms with van der Waals surface area (Å²) in [6.07, 6.45) is 2.86. The molecule has 1 amide bonds. The van der Waals surface area contributed by atoms with Crippen molar-refractivity contribution in [2.24, 2.45) is 0 Å². The molecule has 24 heavy (non-hydrogen) atoms. The summed E-state index contributed by atoms with van der Waals surface area (Å²) in [5.41, 5.74) is 4.28. The van der Waals surface area contributed by atoms with Crippen LogP contribution in [0.15, 0.2) is 16.4 Å². The molecule has 1 aliphatic carbocycles. The first-order valence-corrected chi connectivity index (χ1v) is 8.92. The fourth-order valence-electron chi connectivity index (χ4n) is 3.33. The minimum atomic E-state index is -0.277. The lowest BCUT2D eigenvalue weighted by atomic mass is 10.1. The second-order valence-corrected chi connectivity index (χ2v) is 7.06. The van der Waals surface area contributed by atoms with Gasteiger partial charge in [-0.15, -0.1) is 11.3 Å². The highest BCUT2D eigenvalue weighted by molar-refractivity contribution is 7.11. The predicted molar refractivity (Wildman–Crippen MR) is 88.5 cm³/mol. The minimum absolute atomic E-state index is 0.126. The number of nitrogens with one attached hydrogen (secondary N) is 1. The van der Waals surface area contributed by atoms with Gasteiger partial charge in [-0.25, -0.2) is 9.67 Å². The molecule has 0 saturated carbocycles. The molecule has 2 unspecified atom stereocenters. The van der Waals surface area contributed by atoms with Gasteiger partial charge in [0.15, 0.2) is 0 Å². The van der Waals surface area contributed by atoms with Gasteiger partial charge in [-0.05, 0) is 31.7 Å². The number of rotatable bonds is 3. The average Bonchev–Trinajstić information content (AvgIpc) is 3.26. The Labute approximate surface area is 142 Å². The van der Waals surface area contributed by atoms with E-state index in [1.165, 1.54) is 16.0 Å². The van der Waals surface area contributed by atoms with E-state index in [0.717, 1.165) is 30.5 Å². The van der Waals surface area contributed by atoms with Gasteiger partial charge in [0, 0.05) is 6.07 Å². The lowest BCUT2D eigenvalue weighted by Gasteiger charge is -2.20. The summed E-state index contributed by atoms with van der Waals surface area (Å²) in [4.78, 5) is 29.5. The van der Waals surface area contributed by atoms with Crippen LogP contribution in [-0.2, 0) is 17.6 Å².